The summed E-state index contributed by atoms with van der Waals surface area (Å²) >= 11 is -5.67. The topological polar surface area (TPSA) is 78.4 Å². The van der Waals surface area contributed by atoms with Crippen LogP contribution in [-0.4, -0.2) is 0 Å². The van der Waals surface area contributed by atoms with Crippen molar-refractivity contribution in [2.45, 2.75) is 0 Å². The first-order valence-electron chi connectivity index (χ1n) is 4.14. The predicted octanol–water partition coefficient (Wildman–Crippen LogP) is -3.88. The fraction of sp³-hybridized carbons (Fsp3) is 0. The van der Waals surface area contributed by atoms with Crippen molar-refractivity contribution in [2.24, 2.45) is 0 Å². The highest BCUT2D eigenvalue weighted by Gasteiger charge is 2.28. The summed E-state index contributed by atoms with van der Waals surface area (Å²) in [6, 6.07) is 12.0. The Morgan fingerprint density at radius 2 is 1.53 bits per heavy atom. The maximum atomic E-state index is 10.6. The van der Waals surface area contributed by atoms with Gasteiger partial charge in [0.1, 0.15) is 0 Å². The summed E-state index contributed by atoms with van der Waals surface area (Å²) in [6.45, 7) is 0. The van der Waals surface area contributed by atoms with E-state index in [1.165, 1.54) is 6.07 Å². The molecule has 2 aromatic rings. The molecule has 0 fully saturated rings. The van der Waals surface area contributed by atoms with Crippen LogP contribution in [-0.2, 0) is 0 Å². The molecule has 0 radical (unpaired) electrons. The maximum Gasteiger partial charge on any atom is 0.439 e. The van der Waals surface area contributed by atoms with Crippen LogP contribution in [0.5, 0.6) is 5.75 Å². The van der Waals surface area contributed by atoms with Gasteiger partial charge >= 0.3 is 20.1 Å². The Balaban J connectivity index is 2.52. The van der Waals surface area contributed by atoms with E-state index in [1.807, 2.05) is 18.2 Å². The Labute approximate surface area is 92.4 Å². The SMILES string of the molecule is [O-][I+3]([O-])([O-])Oc1cccc2ccccc12. The molecule has 15 heavy (non-hydrogen) atoms. The fourth-order valence-corrected chi connectivity index (χ4v) is 2.33. The second kappa shape index (κ2) is 3.93. The standard InChI is InChI=1S/C10H7IO4/c12-11(13,14)15-10-7-3-5-8-4-1-2-6-9(8)10/h1-7H. The number of hydrogen-bond donors (Lipinski definition) is 0. The highest BCUT2D eigenvalue weighted by Crippen LogP contribution is 2.23. The van der Waals surface area contributed by atoms with Crippen LogP contribution < -0.4 is 33.5 Å². The first-order chi connectivity index (χ1) is 7.06. The van der Waals surface area contributed by atoms with Crippen molar-refractivity contribution in [1.82, 2.24) is 0 Å². The molecule has 0 heterocycles. The van der Waals surface area contributed by atoms with Crippen molar-refractivity contribution in [3.05, 3.63) is 42.5 Å². The lowest BCUT2D eigenvalue weighted by Gasteiger charge is -2.07. The minimum atomic E-state index is -5.67. The summed E-state index contributed by atoms with van der Waals surface area (Å²) in [4.78, 5) is 0. The molecule has 2 rings (SSSR count). The molecule has 5 heteroatoms. The van der Waals surface area contributed by atoms with Gasteiger partial charge in [-0.2, -0.15) is 0 Å². The summed E-state index contributed by atoms with van der Waals surface area (Å²) in [6.07, 6.45) is 0. The number of halogens is 1. The monoisotopic (exact) mass is 318 g/mol. The van der Waals surface area contributed by atoms with Crippen molar-refractivity contribution < 1.29 is 33.5 Å². The molecule has 78 valence electrons. The minimum absolute atomic E-state index is 0.101. The summed E-state index contributed by atoms with van der Waals surface area (Å²) in [7, 11) is 0. The lowest BCUT2D eigenvalue weighted by Crippen LogP contribution is -4.25. The third-order valence-corrected chi connectivity index (χ3v) is 2.94. The molecule has 0 N–H and O–H groups in total. The Morgan fingerprint density at radius 3 is 2.27 bits per heavy atom. The quantitative estimate of drug-likeness (QED) is 0.531. The Bertz CT molecular complexity index is 473. The van der Waals surface area contributed by atoms with Gasteiger partial charge < -0.3 is 0 Å². The van der Waals surface area contributed by atoms with Crippen LogP contribution in [0, 0.1) is 0 Å². The van der Waals surface area contributed by atoms with E-state index in [4.69, 9.17) is 0 Å². The molecule has 0 unspecified atom stereocenters. The molecular weight excluding hydrogens is 311 g/mol. The van der Waals surface area contributed by atoms with Crippen molar-refractivity contribution in [3.8, 4) is 5.75 Å². The first-order valence-corrected chi connectivity index (χ1v) is 7.67. The van der Waals surface area contributed by atoms with Crippen LogP contribution in [0.1, 0.15) is 0 Å². The van der Waals surface area contributed by atoms with Crippen molar-refractivity contribution >= 4 is 10.8 Å². The van der Waals surface area contributed by atoms with Gasteiger partial charge in [0.2, 0.25) is 0 Å². The van der Waals surface area contributed by atoms with Gasteiger partial charge in [0, 0.05) is 5.39 Å². The van der Waals surface area contributed by atoms with Crippen molar-refractivity contribution in [3.63, 3.8) is 0 Å². The van der Waals surface area contributed by atoms with Gasteiger partial charge in [0.05, 0.1) is 0 Å². The molecule has 0 aliphatic carbocycles. The lowest BCUT2D eigenvalue weighted by atomic mass is 10.1. The summed E-state index contributed by atoms with van der Waals surface area (Å²) in [5.41, 5.74) is 0. The molecular formula is C10H7IO4. The van der Waals surface area contributed by atoms with Crippen LogP contribution in [0.4, 0.5) is 0 Å². The molecule has 0 aromatic heterocycles. The molecule has 4 nitrogen and oxygen atoms in total. The van der Waals surface area contributed by atoms with E-state index in [0.29, 0.717) is 5.39 Å². The van der Waals surface area contributed by atoms with E-state index in [0.717, 1.165) is 5.39 Å². The molecule has 0 spiro atoms. The van der Waals surface area contributed by atoms with Gasteiger partial charge in [-0.1, -0.05) is 39.5 Å². The molecule has 2 aromatic carbocycles. The Hall–Kier alpha value is -0.890. The molecule has 0 amide bonds. The number of hydrogen-bond acceptors (Lipinski definition) is 4. The van der Waals surface area contributed by atoms with E-state index in [1.54, 1.807) is 18.2 Å². The van der Waals surface area contributed by atoms with E-state index < -0.39 is 20.1 Å². The summed E-state index contributed by atoms with van der Waals surface area (Å²) < 4.78 is 36.1. The normalized spacial score (nSPS) is 11.7. The summed E-state index contributed by atoms with van der Waals surface area (Å²) in [5, 5.41) is 1.45. The highest BCUT2D eigenvalue weighted by atomic mass is 127. The molecule has 0 atom stereocenters. The second-order valence-electron chi connectivity index (χ2n) is 2.93. The second-order valence-corrected chi connectivity index (χ2v) is 5.53. The average Bonchev–Trinajstić information content (AvgIpc) is 2.16. The zero-order valence-electron chi connectivity index (χ0n) is 7.55. The molecule has 0 bridgehead atoms. The lowest BCUT2D eigenvalue weighted by molar-refractivity contribution is -1.91. The van der Waals surface area contributed by atoms with Crippen LogP contribution in [0.25, 0.3) is 10.8 Å². The van der Waals surface area contributed by atoms with Gasteiger partial charge in [0.25, 0.3) is 5.75 Å². The van der Waals surface area contributed by atoms with Crippen LogP contribution in [0.3, 0.4) is 0 Å². The van der Waals surface area contributed by atoms with Gasteiger partial charge in [-0.15, -0.1) is 0 Å². The van der Waals surface area contributed by atoms with Gasteiger partial charge in [0.15, 0.2) is 0 Å². The number of benzene rings is 2. The van der Waals surface area contributed by atoms with E-state index >= 15 is 0 Å². The van der Waals surface area contributed by atoms with Crippen LogP contribution >= 0.6 is 0 Å². The molecule has 0 saturated heterocycles. The zero-order chi connectivity index (χ0) is 10.9. The minimum Gasteiger partial charge on any atom is -0.244 e. The Kier molecular flexibility index (Phi) is 2.79. The van der Waals surface area contributed by atoms with Gasteiger partial charge in [-0.05, 0) is 11.5 Å². The van der Waals surface area contributed by atoms with Crippen molar-refractivity contribution in [1.29, 1.82) is 0 Å². The zero-order valence-corrected chi connectivity index (χ0v) is 9.71. The van der Waals surface area contributed by atoms with Gasteiger partial charge in [-0.3, -0.25) is 0 Å². The summed E-state index contributed by atoms with van der Waals surface area (Å²) in [5.74, 6) is 0.101. The highest BCUT2D eigenvalue weighted by molar-refractivity contribution is 5.88. The maximum absolute atomic E-state index is 10.6. The average molecular weight is 318 g/mol. The molecule has 0 saturated carbocycles. The Morgan fingerprint density at radius 1 is 0.867 bits per heavy atom. The smallest absolute Gasteiger partial charge is 0.244 e. The molecule has 0 aliphatic rings. The van der Waals surface area contributed by atoms with E-state index in [2.05, 4.69) is 3.07 Å². The largest absolute Gasteiger partial charge is 0.439 e. The van der Waals surface area contributed by atoms with Crippen molar-refractivity contribution in [2.75, 3.05) is 0 Å². The van der Waals surface area contributed by atoms with Crippen LogP contribution in [0.2, 0.25) is 0 Å². The third kappa shape index (κ3) is 2.57. The van der Waals surface area contributed by atoms with E-state index in [9.17, 15) is 10.3 Å². The van der Waals surface area contributed by atoms with Gasteiger partial charge in [-0.25, -0.2) is 10.3 Å². The number of fused-ring (bicyclic) bond motifs is 1. The third-order valence-electron chi connectivity index (χ3n) is 1.93. The fourth-order valence-electron chi connectivity index (χ4n) is 1.36. The first kappa shape index (κ1) is 10.6. The predicted molar refractivity (Wildman–Crippen MR) is 44.6 cm³/mol. The van der Waals surface area contributed by atoms with Crippen LogP contribution in [0.15, 0.2) is 42.5 Å². The van der Waals surface area contributed by atoms with E-state index in [-0.39, 0.29) is 5.75 Å². The molecule has 0 aliphatic heterocycles. The number of rotatable bonds is 2.